The van der Waals surface area contributed by atoms with Gasteiger partial charge in [-0.1, -0.05) is 0 Å². The van der Waals surface area contributed by atoms with Gasteiger partial charge in [0.05, 0.1) is 6.04 Å². The van der Waals surface area contributed by atoms with Crippen LogP contribution in [0.5, 0.6) is 0 Å². The molecule has 86 valence electrons. The molecule has 0 bridgehead atoms. The fourth-order valence-corrected chi connectivity index (χ4v) is 2.49. The smallest absolute Gasteiger partial charge is 0.239 e. The Morgan fingerprint density at radius 1 is 1.40 bits per heavy atom. The number of rotatable bonds is 1. The standard InChI is InChI=1S/C11H21N3O/c1-9-11(15)14(7-3-6-13(9)2)10-4-5-12-8-10/h9-10,12H,3-8H2,1-2H3. The van der Waals surface area contributed by atoms with Crippen LogP contribution in [0.25, 0.3) is 0 Å². The zero-order valence-electron chi connectivity index (χ0n) is 9.70. The molecule has 15 heavy (non-hydrogen) atoms. The number of hydrogen-bond donors (Lipinski definition) is 1. The first-order chi connectivity index (χ1) is 7.20. The van der Waals surface area contributed by atoms with Crippen molar-refractivity contribution in [2.45, 2.75) is 31.8 Å². The van der Waals surface area contributed by atoms with E-state index in [4.69, 9.17) is 0 Å². The molecule has 0 spiro atoms. The van der Waals surface area contributed by atoms with Crippen LogP contribution in [0.2, 0.25) is 0 Å². The number of carbonyl (C=O) groups excluding carboxylic acids is 1. The number of nitrogens with zero attached hydrogens (tertiary/aromatic N) is 2. The molecule has 0 aromatic carbocycles. The molecule has 2 heterocycles. The highest BCUT2D eigenvalue weighted by Crippen LogP contribution is 2.16. The summed E-state index contributed by atoms with van der Waals surface area (Å²) in [4.78, 5) is 16.4. The van der Waals surface area contributed by atoms with Crippen molar-refractivity contribution < 1.29 is 4.79 Å². The highest BCUT2D eigenvalue weighted by Gasteiger charge is 2.32. The van der Waals surface area contributed by atoms with Gasteiger partial charge >= 0.3 is 0 Å². The number of nitrogens with one attached hydrogen (secondary N) is 1. The fraction of sp³-hybridized carbons (Fsp3) is 0.909. The van der Waals surface area contributed by atoms with Gasteiger partial charge in [-0.2, -0.15) is 0 Å². The molecule has 2 fully saturated rings. The Morgan fingerprint density at radius 2 is 2.20 bits per heavy atom. The van der Waals surface area contributed by atoms with Crippen molar-refractivity contribution in [3.05, 3.63) is 0 Å². The predicted molar refractivity (Wildman–Crippen MR) is 59.7 cm³/mol. The van der Waals surface area contributed by atoms with E-state index in [1.165, 1.54) is 0 Å². The largest absolute Gasteiger partial charge is 0.337 e. The minimum absolute atomic E-state index is 0.0492. The molecule has 4 heteroatoms. The second-order valence-corrected chi connectivity index (χ2v) is 4.69. The van der Waals surface area contributed by atoms with Crippen LogP contribution in [-0.2, 0) is 4.79 Å². The molecule has 2 aliphatic heterocycles. The summed E-state index contributed by atoms with van der Waals surface area (Å²) in [7, 11) is 2.04. The summed E-state index contributed by atoms with van der Waals surface area (Å²) in [6.45, 7) is 6.01. The van der Waals surface area contributed by atoms with Crippen LogP contribution < -0.4 is 5.32 Å². The van der Waals surface area contributed by atoms with Crippen molar-refractivity contribution in [1.82, 2.24) is 15.1 Å². The Labute approximate surface area is 91.6 Å². The van der Waals surface area contributed by atoms with Crippen molar-refractivity contribution in [1.29, 1.82) is 0 Å². The molecule has 0 aliphatic carbocycles. The average Bonchev–Trinajstić information content (AvgIpc) is 2.71. The van der Waals surface area contributed by atoms with Crippen LogP contribution in [0.1, 0.15) is 19.8 Å². The van der Waals surface area contributed by atoms with Gasteiger partial charge in [0.1, 0.15) is 0 Å². The van der Waals surface area contributed by atoms with Crippen LogP contribution in [0.4, 0.5) is 0 Å². The van der Waals surface area contributed by atoms with Gasteiger partial charge in [-0.25, -0.2) is 0 Å². The summed E-state index contributed by atoms with van der Waals surface area (Å²) in [5.41, 5.74) is 0. The molecule has 2 unspecified atom stereocenters. The van der Waals surface area contributed by atoms with Crippen molar-refractivity contribution in [2.24, 2.45) is 0 Å². The number of amides is 1. The van der Waals surface area contributed by atoms with Crippen LogP contribution in [0, 0.1) is 0 Å². The van der Waals surface area contributed by atoms with E-state index in [2.05, 4.69) is 15.1 Å². The van der Waals surface area contributed by atoms with E-state index < -0.39 is 0 Å². The number of carbonyl (C=O) groups is 1. The molecule has 2 aliphatic rings. The monoisotopic (exact) mass is 211 g/mol. The van der Waals surface area contributed by atoms with Gasteiger partial charge in [0.25, 0.3) is 0 Å². The Bertz CT molecular complexity index is 238. The van der Waals surface area contributed by atoms with Crippen molar-refractivity contribution >= 4 is 5.91 Å². The van der Waals surface area contributed by atoms with E-state index in [1.807, 2.05) is 14.0 Å². The lowest BCUT2D eigenvalue weighted by atomic mass is 10.2. The van der Waals surface area contributed by atoms with Gasteiger partial charge < -0.3 is 10.2 Å². The first-order valence-electron chi connectivity index (χ1n) is 5.91. The predicted octanol–water partition coefficient (Wildman–Crippen LogP) is -0.0991. The van der Waals surface area contributed by atoms with Gasteiger partial charge in [-0.3, -0.25) is 9.69 Å². The lowest BCUT2D eigenvalue weighted by Gasteiger charge is -2.29. The highest BCUT2D eigenvalue weighted by molar-refractivity contribution is 5.82. The summed E-state index contributed by atoms with van der Waals surface area (Å²) < 4.78 is 0. The van der Waals surface area contributed by atoms with Crippen molar-refractivity contribution in [2.75, 3.05) is 33.2 Å². The SMILES string of the molecule is CC1C(=O)N(C2CCNC2)CCCN1C. The molecule has 2 atom stereocenters. The minimum Gasteiger partial charge on any atom is -0.337 e. The molecule has 0 aromatic heterocycles. The first kappa shape index (κ1) is 10.9. The molecule has 2 saturated heterocycles. The molecule has 1 N–H and O–H groups in total. The second kappa shape index (κ2) is 4.49. The van der Waals surface area contributed by atoms with E-state index in [0.717, 1.165) is 39.0 Å². The Kier molecular flexibility index (Phi) is 3.26. The molecular formula is C11H21N3O. The number of likely N-dealkylation sites (N-methyl/N-ethyl adjacent to an activating group) is 1. The molecule has 4 nitrogen and oxygen atoms in total. The van der Waals surface area contributed by atoms with E-state index in [9.17, 15) is 4.79 Å². The maximum Gasteiger partial charge on any atom is 0.239 e. The molecular weight excluding hydrogens is 190 g/mol. The van der Waals surface area contributed by atoms with Gasteiger partial charge in [0, 0.05) is 25.7 Å². The van der Waals surface area contributed by atoms with E-state index in [0.29, 0.717) is 11.9 Å². The van der Waals surface area contributed by atoms with Crippen LogP contribution in [0.15, 0.2) is 0 Å². The summed E-state index contributed by atoms with van der Waals surface area (Å²) in [6, 6.07) is 0.486. The highest BCUT2D eigenvalue weighted by atomic mass is 16.2. The lowest BCUT2D eigenvalue weighted by Crippen LogP contribution is -2.47. The molecule has 1 amide bonds. The normalized spacial score (nSPS) is 34.5. The topological polar surface area (TPSA) is 35.6 Å². The minimum atomic E-state index is 0.0492. The Morgan fingerprint density at radius 3 is 2.87 bits per heavy atom. The van der Waals surface area contributed by atoms with Crippen molar-refractivity contribution in [3.8, 4) is 0 Å². The van der Waals surface area contributed by atoms with E-state index in [1.54, 1.807) is 0 Å². The quantitative estimate of drug-likeness (QED) is 0.658. The lowest BCUT2D eigenvalue weighted by molar-refractivity contribution is -0.136. The average molecular weight is 211 g/mol. The van der Waals surface area contributed by atoms with Crippen LogP contribution >= 0.6 is 0 Å². The zero-order valence-corrected chi connectivity index (χ0v) is 9.70. The number of hydrogen-bond acceptors (Lipinski definition) is 3. The molecule has 0 aromatic rings. The van der Waals surface area contributed by atoms with Crippen LogP contribution in [-0.4, -0.2) is 61.0 Å². The van der Waals surface area contributed by atoms with E-state index in [-0.39, 0.29) is 6.04 Å². The van der Waals surface area contributed by atoms with Crippen molar-refractivity contribution in [3.63, 3.8) is 0 Å². The second-order valence-electron chi connectivity index (χ2n) is 4.69. The molecule has 0 saturated carbocycles. The summed E-state index contributed by atoms with van der Waals surface area (Å²) in [5.74, 6) is 0.309. The van der Waals surface area contributed by atoms with E-state index >= 15 is 0 Å². The van der Waals surface area contributed by atoms with Gasteiger partial charge in [-0.05, 0) is 33.4 Å². The van der Waals surface area contributed by atoms with Gasteiger partial charge in [0.2, 0.25) is 5.91 Å². The molecule has 0 radical (unpaired) electrons. The van der Waals surface area contributed by atoms with Gasteiger partial charge in [0.15, 0.2) is 0 Å². The van der Waals surface area contributed by atoms with Crippen LogP contribution in [0.3, 0.4) is 0 Å². The van der Waals surface area contributed by atoms with Gasteiger partial charge in [-0.15, -0.1) is 0 Å². The Hall–Kier alpha value is -0.610. The third-order valence-electron chi connectivity index (χ3n) is 3.69. The Balaban J connectivity index is 2.06. The molecule has 2 rings (SSSR count). The zero-order chi connectivity index (χ0) is 10.8. The third-order valence-corrected chi connectivity index (χ3v) is 3.69. The maximum atomic E-state index is 12.2. The first-order valence-corrected chi connectivity index (χ1v) is 5.91. The summed E-state index contributed by atoms with van der Waals surface area (Å²) in [6.07, 6.45) is 2.21. The summed E-state index contributed by atoms with van der Waals surface area (Å²) >= 11 is 0. The fourth-order valence-electron chi connectivity index (χ4n) is 2.49. The maximum absolute atomic E-state index is 12.2. The third kappa shape index (κ3) is 2.16. The summed E-state index contributed by atoms with van der Waals surface area (Å²) in [5, 5.41) is 3.33.